The maximum atomic E-state index is 12.2. The van der Waals surface area contributed by atoms with Crippen molar-refractivity contribution in [3.63, 3.8) is 0 Å². The second-order valence-corrected chi connectivity index (χ2v) is 7.15. The molecule has 0 bridgehead atoms. The number of thioether (sulfide) groups is 1. The summed E-state index contributed by atoms with van der Waals surface area (Å²) in [6.07, 6.45) is 0. The van der Waals surface area contributed by atoms with E-state index in [1.54, 1.807) is 32.2 Å². The molecule has 0 fully saturated rings. The Labute approximate surface area is 140 Å². The van der Waals surface area contributed by atoms with Gasteiger partial charge in [0.05, 0.1) is 15.8 Å². The molecular formula is C13H12ClN5OS2. The lowest BCUT2D eigenvalue weighted by molar-refractivity contribution is -0.115. The highest BCUT2D eigenvalue weighted by Crippen LogP contribution is 2.29. The summed E-state index contributed by atoms with van der Waals surface area (Å²) in [4.78, 5) is 12.2. The SMILES string of the molecule is CNc1nnc(S[C@@H](C)C(=O)Nc2ccc(C#N)c(Cl)c2)s1. The van der Waals surface area contributed by atoms with Crippen LogP contribution in [0.1, 0.15) is 12.5 Å². The Balaban J connectivity index is 1.99. The number of aromatic nitrogens is 2. The maximum absolute atomic E-state index is 12.2. The number of benzene rings is 1. The number of halogens is 1. The van der Waals surface area contributed by atoms with Gasteiger partial charge < -0.3 is 10.6 Å². The number of rotatable bonds is 5. The first-order valence-corrected chi connectivity index (χ1v) is 8.29. The zero-order chi connectivity index (χ0) is 16.1. The smallest absolute Gasteiger partial charge is 0.237 e. The van der Waals surface area contributed by atoms with Gasteiger partial charge in [-0.1, -0.05) is 34.7 Å². The van der Waals surface area contributed by atoms with E-state index >= 15 is 0 Å². The van der Waals surface area contributed by atoms with Gasteiger partial charge in [0.25, 0.3) is 0 Å². The molecule has 0 radical (unpaired) electrons. The lowest BCUT2D eigenvalue weighted by atomic mass is 10.2. The fourth-order valence-corrected chi connectivity index (χ4v) is 3.56. The van der Waals surface area contributed by atoms with Crippen LogP contribution in [0.5, 0.6) is 0 Å². The molecule has 9 heteroatoms. The summed E-state index contributed by atoms with van der Waals surface area (Å²) < 4.78 is 0.713. The van der Waals surface area contributed by atoms with Crippen LogP contribution in [-0.4, -0.2) is 28.4 Å². The number of carbonyl (C=O) groups excluding carboxylic acids is 1. The fraction of sp³-hybridized carbons (Fsp3) is 0.231. The molecule has 0 unspecified atom stereocenters. The number of hydrogen-bond acceptors (Lipinski definition) is 7. The van der Waals surface area contributed by atoms with Crippen molar-refractivity contribution in [2.24, 2.45) is 0 Å². The predicted molar refractivity (Wildman–Crippen MR) is 89.6 cm³/mol. The van der Waals surface area contributed by atoms with Gasteiger partial charge in [-0.05, 0) is 25.1 Å². The predicted octanol–water partition coefficient (Wildman–Crippen LogP) is 3.22. The van der Waals surface area contributed by atoms with Crippen LogP contribution in [0.25, 0.3) is 0 Å². The van der Waals surface area contributed by atoms with E-state index < -0.39 is 0 Å². The molecule has 2 N–H and O–H groups in total. The van der Waals surface area contributed by atoms with Gasteiger partial charge in [-0.15, -0.1) is 10.2 Å². The van der Waals surface area contributed by atoms with E-state index in [0.717, 1.165) is 0 Å². The molecule has 0 aliphatic rings. The Morgan fingerprint density at radius 3 is 2.86 bits per heavy atom. The van der Waals surface area contributed by atoms with Gasteiger partial charge in [-0.3, -0.25) is 4.79 Å². The summed E-state index contributed by atoms with van der Waals surface area (Å²) in [5.41, 5.74) is 0.921. The summed E-state index contributed by atoms with van der Waals surface area (Å²) in [7, 11) is 1.76. The van der Waals surface area contributed by atoms with Crippen LogP contribution in [0.4, 0.5) is 10.8 Å². The highest BCUT2D eigenvalue weighted by atomic mass is 35.5. The van der Waals surface area contributed by atoms with Crippen molar-refractivity contribution in [1.82, 2.24) is 10.2 Å². The summed E-state index contributed by atoms with van der Waals surface area (Å²) in [6, 6.07) is 6.74. The van der Waals surface area contributed by atoms with E-state index in [9.17, 15) is 4.79 Å². The van der Waals surface area contributed by atoms with E-state index in [4.69, 9.17) is 16.9 Å². The molecule has 1 amide bonds. The van der Waals surface area contributed by atoms with E-state index in [2.05, 4.69) is 20.8 Å². The zero-order valence-corrected chi connectivity index (χ0v) is 14.1. The Morgan fingerprint density at radius 1 is 1.50 bits per heavy atom. The third-order valence-electron chi connectivity index (χ3n) is 2.62. The maximum Gasteiger partial charge on any atom is 0.237 e. The van der Waals surface area contributed by atoms with Gasteiger partial charge in [0.15, 0.2) is 4.34 Å². The third-order valence-corrected chi connectivity index (χ3v) is 5.06. The Kier molecular flexibility index (Phi) is 5.60. The van der Waals surface area contributed by atoms with Gasteiger partial charge in [-0.25, -0.2) is 0 Å². The normalized spacial score (nSPS) is 11.5. The minimum absolute atomic E-state index is 0.174. The van der Waals surface area contributed by atoms with Crippen LogP contribution in [0, 0.1) is 11.3 Å². The quantitative estimate of drug-likeness (QED) is 0.802. The number of hydrogen-bond donors (Lipinski definition) is 2. The van der Waals surface area contributed by atoms with Gasteiger partial charge in [-0.2, -0.15) is 5.26 Å². The molecule has 1 heterocycles. The number of carbonyl (C=O) groups is 1. The summed E-state index contributed by atoms with van der Waals surface area (Å²) in [5.74, 6) is -0.174. The zero-order valence-electron chi connectivity index (χ0n) is 11.8. The van der Waals surface area contributed by atoms with Crippen LogP contribution < -0.4 is 10.6 Å². The van der Waals surface area contributed by atoms with Crippen molar-refractivity contribution in [3.05, 3.63) is 28.8 Å². The number of nitrogens with one attached hydrogen (secondary N) is 2. The first-order chi connectivity index (χ1) is 10.5. The highest BCUT2D eigenvalue weighted by molar-refractivity contribution is 8.02. The summed E-state index contributed by atoms with van der Waals surface area (Å²) >= 11 is 8.65. The first kappa shape index (κ1) is 16.5. The number of amides is 1. The van der Waals surface area contributed by atoms with Crippen molar-refractivity contribution in [1.29, 1.82) is 5.26 Å². The Bertz CT molecular complexity index is 727. The molecule has 22 heavy (non-hydrogen) atoms. The minimum atomic E-state index is -0.341. The molecule has 0 spiro atoms. The molecule has 1 atom stereocenters. The average Bonchev–Trinajstić information content (AvgIpc) is 2.95. The minimum Gasteiger partial charge on any atom is -0.363 e. The highest BCUT2D eigenvalue weighted by Gasteiger charge is 2.17. The largest absolute Gasteiger partial charge is 0.363 e. The van der Waals surface area contributed by atoms with Gasteiger partial charge >= 0.3 is 0 Å². The average molecular weight is 354 g/mol. The molecule has 114 valence electrons. The third kappa shape index (κ3) is 4.10. The van der Waals surface area contributed by atoms with Crippen LogP contribution in [0.3, 0.4) is 0 Å². The van der Waals surface area contributed by atoms with Gasteiger partial charge in [0, 0.05) is 12.7 Å². The van der Waals surface area contributed by atoms with Crippen molar-refractivity contribution < 1.29 is 4.79 Å². The fourth-order valence-electron chi connectivity index (χ4n) is 1.49. The van der Waals surface area contributed by atoms with Crippen LogP contribution in [0.15, 0.2) is 22.5 Å². The number of anilines is 2. The Hall–Kier alpha value is -1.82. The standard InChI is InChI=1S/C13H12ClN5OS2/c1-7(21-13-19-18-12(16-2)22-13)11(20)17-9-4-3-8(6-15)10(14)5-9/h3-5,7H,1-2H3,(H,16,18)(H,17,20)/t7-/m0/s1. The van der Waals surface area contributed by atoms with E-state index in [0.29, 0.717) is 25.7 Å². The molecule has 1 aromatic carbocycles. The van der Waals surface area contributed by atoms with Crippen molar-refractivity contribution in [2.45, 2.75) is 16.5 Å². The lowest BCUT2D eigenvalue weighted by Gasteiger charge is -2.10. The summed E-state index contributed by atoms with van der Waals surface area (Å²) in [6.45, 7) is 1.78. The molecule has 0 saturated carbocycles. The Morgan fingerprint density at radius 2 is 2.27 bits per heavy atom. The second kappa shape index (κ2) is 7.45. The van der Waals surface area contributed by atoms with Crippen LogP contribution in [0.2, 0.25) is 5.02 Å². The molecule has 2 rings (SSSR count). The molecule has 1 aromatic heterocycles. The van der Waals surface area contributed by atoms with Crippen molar-refractivity contribution >= 4 is 51.4 Å². The second-order valence-electron chi connectivity index (χ2n) is 4.18. The summed E-state index contributed by atoms with van der Waals surface area (Å²) in [5, 5.41) is 23.1. The van der Waals surface area contributed by atoms with E-state index in [-0.39, 0.29) is 11.2 Å². The first-order valence-electron chi connectivity index (χ1n) is 6.22. The van der Waals surface area contributed by atoms with Gasteiger partial charge in [0.2, 0.25) is 11.0 Å². The van der Waals surface area contributed by atoms with Crippen molar-refractivity contribution in [2.75, 3.05) is 17.7 Å². The van der Waals surface area contributed by atoms with E-state index in [1.807, 2.05) is 6.07 Å². The molecule has 2 aromatic rings. The van der Waals surface area contributed by atoms with Crippen LogP contribution >= 0.6 is 34.7 Å². The molecule has 0 saturated heterocycles. The monoisotopic (exact) mass is 353 g/mol. The van der Waals surface area contributed by atoms with Crippen molar-refractivity contribution in [3.8, 4) is 6.07 Å². The number of nitrogens with zero attached hydrogens (tertiary/aromatic N) is 3. The van der Waals surface area contributed by atoms with Gasteiger partial charge in [0.1, 0.15) is 6.07 Å². The molecule has 0 aliphatic carbocycles. The topological polar surface area (TPSA) is 90.7 Å². The molecule has 0 aliphatic heterocycles. The van der Waals surface area contributed by atoms with E-state index in [1.165, 1.54) is 23.1 Å². The molecular weight excluding hydrogens is 342 g/mol. The number of nitriles is 1. The molecule has 6 nitrogen and oxygen atoms in total. The van der Waals surface area contributed by atoms with Crippen LogP contribution in [-0.2, 0) is 4.79 Å². The lowest BCUT2D eigenvalue weighted by Crippen LogP contribution is -2.22.